The van der Waals surface area contributed by atoms with Crippen molar-refractivity contribution in [3.05, 3.63) is 0 Å². The number of rotatable bonds is 0. The van der Waals surface area contributed by atoms with Crippen LogP contribution in [0.1, 0.15) is 34.1 Å². The van der Waals surface area contributed by atoms with E-state index in [0.29, 0.717) is 0 Å². The van der Waals surface area contributed by atoms with Crippen LogP contribution in [0.5, 0.6) is 0 Å². The molecule has 2 saturated carbocycles. The quantitative estimate of drug-likeness (QED) is 0.512. The Bertz CT molecular complexity index is 275. The molecule has 1 unspecified atom stereocenters. The maximum Gasteiger partial charge on any atom is 0.152 e. The molecular formula is C10H14O2. The van der Waals surface area contributed by atoms with Crippen LogP contribution in [0.4, 0.5) is 0 Å². The number of ketones is 2. The molecule has 2 rings (SSSR count). The number of carbonyl (C=O) groups is 2. The summed E-state index contributed by atoms with van der Waals surface area (Å²) in [6.07, 6.45) is 0.765. The Hall–Kier alpha value is -0.660. The molecule has 2 aliphatic rings. The second-order valence-electron chi connectivity index (χ2n) is 5.12. The molecule has 0 spiro atoms. The van der Waals surface area contributed by atoms with Gasteiger partial charge in [-0.15, -0.1) is 0 Å². The Balaban J connectivity index is 2.56. The minimum Gasteiger partial charge on any atom is -0.298 e. The first-order valence-electron chi connectivity index (χ1n) is 4.37. The largest absolute Gasteiger partial charge is 0.298 e. The lowest BCUT2D eigenvalue weighted by Crippen LogP contribution is -2.31. The molecule has 0 aliphatic heterocycles. The molecule has 0 N–H and O–H groups in total. The highest BCUT2D eigenvalue weighted by atomic mass is 16.2. The Morgan fingerprint density at radius 1 is 0.917 bits per heavy atom. The summed E-state index contributed by atoms with van der Waals surface area (Å²) < 4.78 is 0. The molecule has 2 heteroatoms. The summed E-state index contributed by atoms with van der Waals surface area (Å²) in [4.78, 5) is 23.6. The number of hydrogen-bond acceptors (Lipinski definition) is 2. The van der Waals surface area contributed by atoms with Crippen LogP contribution in [0.3, 0.4) is 0 Å². The van der Waals surface area contributed by atoms with Crippen molar-refractivity contribution in [3.8, 4) is 0 Å². The van der Waals surface area contributed by atoms with E-state index in [2.05, 4.69) is 0 Å². The van der Waals surface area contributed by atoms with Gasteiger partial charge in [-0.1, -0.05) is 13.8 Å². The van der Waals surface area contributed by atoms with Crippen LogP contribution in [0, 0.1) is 16.2 Å². The normalized spacial score (nSPS) is 49.3. The van der Waals surface area contributed by atoms with Crippen LogP contribution < -0.4 is 0 Å². The first kappa shape index (κ1) is 7.96. The maximum absolute atomic E-state index is 11.8. The van der Waals surface area contributed by atoms with Gasteiger partial charge < -0.3 is 0 Å². The highest BCUT2D eigenvalue weighted by Gasteiger charge is 2.79. The van der Waals surface area contributed by atoms with Gasteiger partial charge in [-0.05, 0) is 20.3 Å². The highest BCUT2D eigenvalue weighted by molar-refractivity contribution is 6.22. The van der Waals surface area contributed by atoms with Crippen molar-refractivity contribution in [2.24, 2.45) is 16.2 Å². The van der Waals surface area contributed by atoms with Crippen molar-refractivity contribution in [3.63, 3.8) is 0 Å². The maximum atomic E-state index is 11.8. The Morgan fingerprint density at radius 3 is 1.42 bits per heavy atom. The molecule has 0 radical (unpaired) electrons. The molecule has 2 atom stereocenters. The van der Waals surface area contributed by atoms with Gasteiger partial charge in [0.15, 0.2) is 11.6 Å². The Kier molecular flexibility index (Phi) is 1.01. The van der Waals surface area contributed by atoms with Crippen molar-refractivity contribution in [2.75, 3.05) is 0 Å². The van der Waals surface area contributed by atoms with Crippen LogP contribution in [-0.4, -0.2) is 11.6 Å². The van der Waals surface area contributed by atoms with Gasteiger partial charge in [-0.25, -0.2) is 0 Å². The lowest BCUT2D eigenvalue weighted by molar-refractivity contribution is -0.137. The summed E-state index contributed by atoms with van der Waals surface area (Å²) in [7, 11) is 0. The van der Waals surface area contributed by atoms with Crippen molar-refractivity contribution in [1.82, 2.24) is 0 Å². The van der Waals surface area contributed by atoms with Crippen LogP contribution in [-0.2, 0) is 9.59 Å². The lowest BCUT2D eigenvalue weighted by Gasteiger charge is -2.18. The zero-order chi connectivity index (χ0) is 9.36. The van der Waals surface area contributed by atoms with Gasteiger partial charge >= 0.3 is 0 Å². The molecule has 0 aromatic rings. The minimum absolute atomic E-state index is 0.141. The second-order valence-corrected chi connectivity index (χ2v) is 5.12. The molecule has 12 heavy (non-hydrogen) atoms. The first-order valence-corrected chi connectivity index (χ1v) is 4.37. The molecule has 0 aromatic carbocycles. The van der Waals surface area contributed by atoms with E-state index in [0.717, 1.165) is 6.42 Å². The predicted octanol–water partition coefficient (Wildman–Crippen LogP) is 1.58. The fourth-order valence-electron chi connectivity index (χ4n) is 2.81. The third kappa shape index (κ3) is 0.492. The summed E-state index contributed by atoms with van der Waals surface area (Å²) in [6, 6.07) is 0. The molecule has 0 aromatic heterocycles. The number of carbonyl (C=O) groups excluding carboxylic acids is 2. The number of fused-ring (bicyclic) bond motifs is 1. The Labute approximate surface area is 72.3 Å². The summed E-state index contributed by atoms with van der Waals surface area (Å²) in [5.41, 5.74) is -1.37. The highest BCUT2D eigenvalue weighted by Crippen LogP contribution is 2.73. The van der Waals surface area contributed by atoms with Crippen molar-refractivity contribution < 1.29 is 9.59 Å². The number of hydrogen-bond donors (Lipinski definition) is 0. The van der Waals surface area contributed by atoms with Crippen LogP contribution in [0.15, 0.2) is 0 Å². The van der Waals surface area contributed by atoms with Crippen LogP contribution in [0.2, 0.25) is 0 Å². The zero-order valence-electron chi connectivity index (χ0n) is 8.02. The zero-order valence-corrected chi connectivity index (χ0v) is 8.02. The fourth-order valence-corrected chi connectivity index (χ4v) is 2.81. The molecule has 2 nitrogen and oxygen atoms in total. The molecule has 2 aliphatic carbocycles. The molecule has 66 valence electrons. The van der Waals surface area contributed by atoms with Crippen molar-refractivity contribution in [1.29, 1.82) is 0 Å². The van der Waals surface area contributed by atoms with E-state index in [1.807, 2.05) is 13.8 Å². The average molecular weight is 166 g/mol. The topological polar surface area (TPSA) is 34.1 Å². The summed E-state index contributed by atoms with van der Waals surface area (Å²) in [6.45, 7) is 7.34. The van der Waals surface area contributed by atoms with Crippen LogP contribution >= 0.6 is 0 Å². The van der Waals surface area contributed by atoms with E-state index in [4.69, 9.17) is 0 Å². The van der Waals surface area contributed by atoms with Gasteiger partial charge in [-0.3, -0.25) is 9.59 Å². The molecule has 0 heterocycles. The van der Waals surface area contributed by atoms with Gasteiger partial charge in [-0.2, -0.15) is 0 Å². The summed E-state index contributed by atoms with van der Waals surface area (Å²) in [5, 5.41) is 0. The smallest absolute Gasteiger partial charge is 0.152 e. The van der Waals surface area contributed by atoms with E-state index in [1.165, 1.54) is 0 Å². The monoisotopic (exact) mass is 166 g/mol. The second kappa shape index (κ2) is 1.52. The van der Waals surface area contributed by atoms with Crippen LogP contribution in [0.25, 0.3) is 0 Å². The lowest BCUT2D eigenvalue weighted by atomic mass is 9.82. The van der Waals surface area contributed by atoms with Crippen molar-refractivity contribution >= 4 is 11.6 Å². The van der Waals surface area contributed by atoms with Gasteiger partial charge in [0, 0.05) is 10.8 Å². The third-order valence-corrected chi connectivity index (χ3v) is 3.94. The third-order valence-electron chi connectivity index (χ3n) is 3.94. The SMILES string of the molecule is CC1(C)C(=O)C2(C)C[C@@]2(C)C1=O. The summed E-state index contributed by atoms with van der Waals surface area (Å²) in [5.74, 6) is 0.282. The Morgan fingerprint density at radius 2 is 1.25 bits per heavy atom. The predicted molar refractivity (Wildman–Crippen MR) is 44.6 cm³/mol. The van der Waals surface area contributed by atoms with Crippen molar-refractivity contribution in [2.45, 2.75) is 34.1 Å². The fraction of sp³-hybridized carbons (Fsp3) is 0.800. The average Bonchev–Trinajstić information content (AvgIpc) is 2.50. The van der Waals surface area contributed by atoms with E-state index in [9.17, 15) is 9.59 Å². The van der Waals surface area contributed by atoms with Gasteiger partial charge in [0.1, 0.15) is 0 Å². The number of Topliss-reactive ketones (excluding diaryl/α,β-unsaturated/α-hetero) is 2. The molecule has 0 amide bonds. The minimum atomic E-state index is -0.720. The molecule has 0 bridgehead atoms. The van der Waals surface area contributed by atoms with Gasteiger partial charge in [0.05, 0.1) is 5.41 Å². The van der Waals surface area contributed by atoms with E-state index >= 15 is 0 Å². The van der Waals surface area contributed by atoms with E-state index < -0.39 is 5.41 Å². The molecule has 0 saturated heterocycles. The van der Waals surface area contributed by atoms with Gasteiger partial charge in [0.2, 0.25) is 0 Å². The summed E-state index contributed by atoms with van der Waals surface area (Å²) >= 11 is 0. The molecular weight excluding hydrogens is 152 g/mol. The standard InChI is InChI=1S/C10H14O2/c1-8(2)6(11)9(3)5-10(9,4)7(8)12/h5H2,1-4H3/t9-,10?/m0/s1. The van der Waals surface area contributed by atoms with Gasteiger partial charge in [0.25, 0.3) is 0 Å². The van der Waals surface area contributed by atoms with E-state index in [1.54, 1.807) is 13.8 Å². The first-order chi connectivity index (χ1) is 5.27. The molecule has 2 fully saturated rings. The van der Waals surface area contributed by atoms with E-state index in [-0.39, 0.29) is 22.4 Å².